The highest BCUT2D eigenvalue weighted by Gasteiger charge is 2.23. The number of rotatable bonds is 33. The number of aromatic nitrogens is 12. The lowest BCUT2D eigenvalue weighted by molar-refractivity contribution is 0.202. The van der Waals surface area contributed by atoms with Crippen molar-refractivity contribution in [3.05, 3.63) is 159 Å². The third-order valence-corrected chi connectivity index (χ3v) is 14.6. The molecular weight excluding hydrogens is 1500 g/mol. The lowest BCUT2D eigenvalue weighted by Gasteiger charge is -2.15. The summed E-state index contributed by atoms with van der Waals surface area (Å²) in [5.74, 6) is -3.15. The maximum absolute atomic E-state index is 12.9. The summed E-state index contributed by atoms with van der Waals surface area (Å²) in [7, 11) is -13.8. The number of nitrogens with zero attached hydrogens (tertiary/aromatic N) is 12. The van der Waals surface area contributed by atoms with Gasteiger partial charge in [0, 0.05) is 78.4 Å². The second-order valence-corrected chi connectivity index (χ2v) is 24.9. The minimum atomic E-state index is -4.97. The fraction of sp³-hybridized carbons (Fsp3) is 0.300. The molecule has 0 spiro atoms. The van der Waals surface area contributed by atoms with Crippen LogP contribution in [0.4, 0.5) is 17.5 Å². The molecule has 6 N–H and O–H groups in total. The van der Waals surface area contributed by atoms with Crippen LogP contribution in [0.15, 0.2) is 142 Å². The molecule has 510 valence electrons. The van der Waals surface area contributed by atoms with Crippen molar-refractivity contribution in [1.29, 1.82) is 0 Å². The highest BCUT2D eigenvalue weighted by molar-refractivity contribution is 9.11. The van der Waals surface area contributed by atoms with Gasteiger partial charge in [0.05, 0.1) is 33.1 Å². The van der Waals surface area contributed by atoms with Gasteiger partial charge in [-0.05, 0) is 110 Å². The summed E-state index contributed by atoms with van der Waals surface area (Å²) >= 11 is 9.02. The first-order chi connectivity index (χ1) is 54.4. The largest absolute Gasteiger partial charge is 0.473 e. The van der Waals surface area contributed by atoms with Crippen molar-refractivity contribution < 1.29 is 82.5 Å². The molecule has 0 amide bonds. The van der Waals surface area contributed by atoms with E-state index in [-0.39, 0.29) is 101 Å². The van der Waals surface area contributed by atoms with E-state index in [1.165, 1.54) is 24.0 Å². The van der Waals surface area contributed by atoms with Crippen LogP contribution in [0.25, 0.3) is 33.4 Å². The van der Waals surface area contributed by atoms with E-state index in [0.717, 1.165) is 23.6 Å². The maximum atomic E-state index is 12.9. The van der Waals surface area contributed by atoms with Crippen LogP contribution in [0.1, 0.15) is 85.5 Å². The van der Waals surface area contributed by atoms with Gasteiger partial charge in [-0.15, -0.1) is 0 Å². The van der Waals surface area contributed by atoms with Crippen LogP contribution in [0, 0.1) is 20.8 Å². The summed E-state index contributed by atoms with van der Waals surface area (Å²) in [6.07, 6.45) is 4.79. The van der Waals surface area contributed by atoms with Crippen LogP contribution >= 0.6 is 47.8 Å². The lowest BCUT2D eigenvalue weighted by Crippen LogP contribution is -2.31. The predicted octanol–water partition coefficient (Wildman–Crippen LogP) is 9.36. The van der Waals surface area contributed by atoms with Crippen LogP contribution < -0.4 is 56.8 Å². The standard InChI is InChI=1S/3C20H23BrN6O4S/c3*1-3-8-26-32(28,29)27-18-17(15-4-6-16(21)7-5-15)19(25-13-24-18)30-9-10-31-20-22-11-14(2)12-23-20/h3*4-7,11-13,26H,3,8-10H2,1-2H3,(H,24,25,27)/i3D2,4D,5D,6D,7D,8D2,13D;4D,5D,6D,7D,8D2,13D;4D,5D,6D,7D,13D. The predicted molar refractivity (Wildman–Crippen MR) is 371 cm³/mol. The second-order valence-electron chi connectivity index (χ2n) is 18.2. The second kappa shape index (κ2) is 37.7. The quantitative estimate of drug-likeness (QED) is 0.0208. The molecular formula is C60H69Br3N18O12S3. The highest BCUT2D eigenvalue weighted by atomic mass is 79.9. The highest BCUT2D eigenvalue weighted by Crippen LogP contribution is 2.38. The van der Waals surface area contributed by atoms with E-state index in [4.69, 9.17) is 57.2 Å². The fourth-order valence-electron chi connectivity index (χ4n) is 6.65. The first-order valence-electron chi connectivity index (χ1n) is 37.9. The Morgan fingerprint density at radius 3 is 0.948 bits per heavy atom. The molecule has 0 aliphatic carbocycles. The van der Waals surface area contributed by atoms with Gasteiger partial charge in [-0.1, -0.05) is 105 Å². The number of benzene rings is 3. The SMILES string of the molecule is [2H]c1nc(NS(=O)(=O)NC([2H])([2H])C([2H])([2H])C)c(-c2c([2H])c([2H])c(Br)c([2H])c2[2H])c(OCCOc2ncc(C)cn2)n1.[2H]c1nc(NS(=O)(=O)NC([2H])([2H])CC)c(-c2c([2H])c([2H])c(Br)c([2H])c2[2H])c(OCCOc2ncc(C)cn2)n1.[2H]c1nc(NS(=O)(=O)NCCC)c(-c2c([2H])c([2H])c(Br)c([2H])c2[2H])c(OCCOc2ncc(C)cn2)n1. The molecule has 0 saturated carbocycles. The van der Waals surface area contributed by atoms with E-state index in [0.29, 0.717) is 6.42 Å². The number of hydrogen-bond donors (Lipinski definition) is 6. The van der Waals surface area contributed by atoms with Crippen LogP contribution in [0.3, 0.4) is 0 Å². The van der Waals surface area contributed by atoms with Gasteiger partial charge in [0.1, 0.15) is 62.7 Å². The minimum Gasteiger partial charge on any atom is -0.473 e. The van der Waals surface area contributed by atoms with Gasteiger partial charge in [-0.25, -0.2) is 59.8 Å². The summed E-state index contributed by atoms with van der Waals surface area (Å²) in [6, 6.07) is -6.03. The summed E-state index contributed by atoms with van der Waals surface area (Å²) in [6.45, 7) is 3.04. The number of ether oxygens (including phenoxy) is 6. The maximum Gasteiger partial charge on any atom is 0.316 e. The van der Waals surface area contributed by atoms with E-state index in [1.54, 1.807) is 50.3 Å². The van der Waals surface area contributed by atoms with Crippen molar-refractivity contribution in [2.45, 2.75) is 60.8 Å². The van der Waals surface area contributed by atoms with E-state index >= 15 is 0 Å². The van der Waals surface area contributed by atoms with Crippen LogP contribution in [-0.4, -0.2) is 144 Å². The molecule has 9 aromatic rings. The van der Waals surface area contributed by atoms with E-state index < -0.39 is 193 Å². The molecule has 6 heterocycles. The number of aryl methyl sites for hydroxylation is 3. The number of hydrogen-bond acceptors (Lipinski definition) is 24. The van der Waals surface area contributed by atoms with Gasteiger partial charge in [0.15, 0.2) is 17.5 Å². The van der Waals surface area contributed by atoms with Gasteiger partial charge in [-0.3, -0.25) is 14.2 Å². The van der Waals surface area contributed by atoms with Gasteiger partial charge in [0.25, 0.3) is 30.6 Å². The van der Waals surface area contributed by atoms with Crippen molar-refractivity contribution in [1.82, 2.24) is 74.0 Å². The average molecular weight is 1590 g/mol. The first-order valence-corrected chi connectivity index (χ1v) is 34.3. The molecule has 0 saturated heterocycles. The lowest BCUT2D eigenvalue weighted by atomic mass is 10.1. The zero-order valence-corrected chi connectivity index (χ0v) is 58.2. The van der Waals surface area contributed by atoms with Gasteiger partial charge < -0.3 is 28.4 Å². The zero-order valence-electron chi connectivity index (χ0n) is 72.0. The topological polar surface area (TPSA) is 385 Å². The Balaban J connectivity index is 0.000000243. The molecule has 96 heavy (non-hydrogen) atoms. The summed E-state index contributed by atoms with van der Waals surface area (Å²) in [4.78, 5) is 46.9. The van der Waals surface area contributed by atoms with Crippen molar-refractivity contribution in [2.75, 3.05) is 73.3 Å². The zero-order chi connectivity index (χ0) is 87.4. The Hall–Kier alpha value is -8.49. The summed E-state index contributed by atoms with van der Waals surface area (Å²) in [5.41, 5.74) is 0.0669. The normalized spacial score (nSPS) is 14.8. The Kier molecular flexibility index (Phi) is 19.6. The summed E-state index contributed by atoms with van der Waals surface area (Å²) in [5, 5.41) is 0. The molecule has 0 fully saturated rings. The van der Waals surface area contributed by atoms with Crippen LogP contribution in [0.5, 0.6) is 35.7 Å². The van der Waals surface area contributed by atoms with E-state index in [1.807, 2.05) is 16.4 Å². The monoisotopic (exact) mass is 1590 g/mol. The molecule has 3 aromatic carbocycles. The molecule has 9 rings (SSSR count). The van der Waals surface area contributed by atoms with Crippen molar-refractivity contribution in [2.24, 2.45) is 0 Å². The van der Waals surface area contributed by atoms with Crippen LogP contribution in [0.2, 0.25) is 0 Å². The van der Waals surface area contributed by atoms with Gasteiger partial charge >= 0.3 is 18.0 Å². The molecule has 0 unspecified atom stereocenters. The fourth-order valence-corrected chi connectivity index (χ4v) is 9.67. The third kappa shape index (κ3) is 24.9. The Labute approximate surface area is 611 Å². The minimum absolute atomic E-state index is 0.0281. The molecule has 6 aromatic heterocycles. The van der Waals surface area contributed by atoms with Gasteiger partial charge in [0.2, 0.25) is 17.6 Å². The molecule has 36 heteroatoms. The van der Waals surface area contributed by atoms with E-state index in [9.17, 15) is 25.3 Å². The van der Waals surface area contributed by atoms with Gasteiger partial charge in [-0.2, -0.15) is 39.4 Å². The molecule has 0 atom stereocenters. The Morgan fingerprint density at radius 1 is 0.385 bits per heavy atom. The van der Waals surface area contributed by atoms with Crippen molar-refractivity contribution in [3.63, 3.8) is 0 Å². The smallest absolute Gasteiger partial charge is 0.316 e. The average Bonchev–Trinajstić information content (AvgIpc) is 0.763. The van der Waals surface area contributed by atoms with Crippen molar-refractivity contribution in [3.8, 4) is 69.1 Å². The molecule has 0 aliphatic rings. The molecule has 0 aliphatic heterocycles. The molecule has 0 radical (unpaired) electrons. The Morgan fingerprint density at radius 2 is 0.667 bits per heavy atom. The number of anilines is 3. The van der Waals surface area contributed by atoms with Crippen molar-refractivity contribution >= 4 is 95.9 Å². The molecule has 0 bridgehead atoms. The first kappa shape index (κ1) is 49.9. The number of halogens is 3. The molecule has 30 nitrogen and oxygen atoms in total. The number of nitrogens with one attached hydrogen (secondary N) is 6. The third-order valence-electron chi connectivity index (χ3n) is 10.7. The summed E-state index contributed by atoms with van der Waals surface area (Å²) < 4.78 is 290. The Bertz CT molecular complexity index is 5410. The van der Waals surface area contributed by atoms with Crippen LogP contribution in [-0.2, 0) is 30.6 Å². The van der Waals surface area contributed by atoms with E-state index in [2.05, 4.69) is 117 Å².